The van der Waals surface area contributed by atoms with E-state index in [1.165, 1.54) is 7.11 Å². The fourth-order valence-corrected chi connectivity index (χ4v) is 3.39. The van der Waals surface area contributed by atoms with Crippen molar-refractivity contribution >= 4 is 5.97 Å². The van der Waals surface area contributed by atoms with Crippen molar-refractivity contribution in [2.45, 2.75) is 25.4 Å². The van der Waals surface area contributed by atoms with Gasteiger partial charge in [0.25, 0.3) is 0 Å². The van der Waals surface area contributed by atoms with Crippen LogP contribution in [0.5, 0.6) is 23.0 Å². The molecule has 2 aromatic carbocycles. The molecule has 0 saturated carbocycles. The first kappa shape index (κ1) is 24.7. The van der Waals surface area contributed by atoms with Crippen molar-refractivity contribution in [2.75, 3.05) is 53.4 Å². The van der Waals surface area contributed by atoms with Crippen LogP contribution in [-0.4, -0.2) is 64.9 Å². The first-order chi connectivity index (χ1) is 16.2. The van der Waals surface area contributed by atoms with E-state index < -0.39 is 11.6 Å². The van der Waals surface area contributed by atoms with E-state index in [0.717, 1.165) is 6.42 Å². The highest BCUT2D eigenvalue weighted by Gasteiger charge is 2.34. The Morgan fingerprint density at radius 1 is 0.818 bits per heavy atom. The summed E-state index contributed by atoms with van der Waals surface area (Å²) in [4.78, 5) is 11.8. The predicted octanol–water partition coefficient (Wildman–Crippen LogP) is 3.66. The molecule has 0 fully saturated rings. The highest BCUT2D eigenvalue weighted by atomic mass is 16.6. The van der Waals surface area contributed by atoms with Crippen molar-refractivity contribution in [3.05, 3.63) is 48.5 Å². The summed E-state index contributed by atoms with van der Waals surface area (Å²) in [7, 11) is 1.33. The van der Waals surface area contributed by atoms with Gasteiger partial charge in [-0.2, -0.15) is 0 Å². The first-order valence-corrected chi connectivity index (χ1v) is 11.1. The van der Waals surface area contributed by atoms with Crippen LogP contribution >= 0.6 is 0 Å². The lowest BCUT2D eigenvalue weighted by Crippen LogP contribution is -2.46. The van der Waals surface area contributed by atoms with Gasteiger partial charge in [0.05, 0.1) is 20.3 Å². The third-order valence-electron chi connectivity index (χ3n) is 5.08. The van der Waals surface area contributed by atoms with Gasteiger partial charge in [-0.25, -0.2) is 4.79 Å². The molecule has 0 aromatic heterocycles. The van der Waals surface area contributed by atoms with E-state index >= 15 is 0 Å². The Bertz CT molecular complexity index is 813. The molecular formula is C25H32O8. The molecule has 0 atom stereocenters. The minimum atomic E-state index is -0.899. The number of para-hydroxylation sites is 4. The van der Waals surface area contributed by atoms with Crippen LogP contribution in [0.25, 0.3) is 0 Å². The van der Waals surface area contributed by atoms with Crippen LogP contribution in [0, 0.1) is 0 Å². The van der Waals surface area contributed by atoms with Crippen molar-refractivity contribution in [1.82, 2.24) is 0 Å². The number of carbonyl (C=O) groups is 1. The third-order valence-corrected chi connectivity index (χ3v) is 5.08. The highest BCUT2D eigenvalue weighted by Crippen LogP contribution is 2.31. The summed E-state index contributed by atoms with van der Waals surface area (Å²) in [6.45, 7) is 3.70. The van der Waals surface area contributed by atoms with Gasteiger partial charge in [0.2, 0.25) is 0 Å². The number of rotatable bonds is 5. The molecule has 1 aliphatic heterocycles. The van der Waals surface area contributed by atoms with Crippen molar-refractivity contribution < 1.29 is 38.0 Å². The van der Waals surface area contributed by atoms with Crippen molar-refractivity contribution in [3.8, 4) is 23.0 Å². The Hall–Kier alpha value is -2.97. The number of ether oxygens (including phenoxy) is 7. The number of hydrogen-bond acceptors (Lipinski definition) is 8. The fraction of sp³-hybridized carbons (Fsp3) is 0.480. The van der Waals surface area contributed by atoms with Gasteiger partial charge in [-0.3, -0.25) is 0 Å². The number of carbonyl (C=O) groups excluding carboxylic acids is 1. The van der Waals surface area contributed by atoms with Gasteiger partial charge in [-0.15, -0.1) is 0 Å². The molecule has 1 heterocycles. The molecule has 180 valence electrons. The fourth-order valence-electron chi connectivity index (χ4n) is 3.39. The van der Waals surface area contributed by atoms with Crippen molar-refractivity contribution in [2.24, 2.45) is 0 Å². The Labute approximate surface area is 194 Å². The topological polar surface area (TPSA) is 81.7 Å². The van der Waals surface area contributed by atoms with Gasteiger partial charge < -0.3 is 33.2 Å². The molecule has 0 bridgehead atoms. The molecule has 0 unspecified atom stereocenters. The zero-order chi connectivity index (χ0) is 23.4. The summed E-state index contributed by atoms with van der Waals surface area (Å²) in [5, 5.41) is 0. The molecule has 3 rings (SSSR count). The van der Waals surface area contributed by atoms with E-state index in [0.29, 0.717) is 55.8 Å². The molecular weight excluding hydrogens is 428 g/mol. The van der Waals surface area contributed by atoms with E-state index in [1.807, 2.05) is 55.5 Å². The average molecular weight is 461 g/mol. The Kier molecular flexibility index (Phi) is 9.65. The lowest BCUT2D eigenvalue weighted by Gasteiger charge is -2.33. The highest BCUT2D eigenvalue weighted by molar-refractivity contribution is 5.70. The lowest BCUT2D eigenvalue weighted by molar-refractivity contribution is -0.159. The van der Waals surface area contributed by atoms with E-state index in [1.54, 1.807) is 0 Å². The average Bonchev–Trinajstić information content (AvgIpc) is 2.84. The standard InChI is InChI=1S/C25H32O8/c1-3-12-25(33-17-24(26)27-2)18-31-22-10-6-4-8-20(22)29-15-13-28-14-16-30-21-9-5-7-11-23(21)32-19-25/h4-11H,3,12-19H2,1-2H3. The van der Waals surface area contributed by atoms with Crippen LogP contribution in [-0.2, 0) is 19.0 Å². The quantitative estimate of drug-likeness (QED) is 0.626. The van der Waals surface area contributed by atoms with Gasteiger partial charge in [0.1, 0.15) is 38.6 Å². The molecule has 0 aliphatic carbocycles. The van der Waals surface area contributed by atoms with E-state index in [-0.39, 0.29) is 19.8 Å². The molecule has 0 saturated heterocycles. The van der Waals surface area contributed by atoms with Crippen molar-refractivity contribution in [1.29, 1.82) is 0 Å². The summed E-state index contributed by atoms with van der Waals surface area (Å²) in [5.74, 6) is 1.90. The van der Waals surface area contributed by atoms with Crippen LogP contribution < -0.4 is 18.9 Å². The van der Waals surface area contributed by atoms with Gasteiger partial charge >= 0.3 is 5.97 Å². The van der Waals surface area contributed by atoms with Gasteiger partial charge in [-0.1, -0.05) is 37.6 Å². The Morgan fingerprint density at radius 2 is 1.30 bits per heavy atom. The molecule has 0 amide bonds. The maximum absolute atomic E-state index is 11.8. The van der Waals surface area contributed by atoms with Crippen LogP contribution in [0.2, 0.25) is 0 Å². The molecule has 8 heteroatoms. The molecule has 1 aliphatic rings. The molecule has 0 radical (unpaired) electrons. The number of fused-ring (bicyclic) bond motifs is 2. The van der Waals surface area contributed by atoms with Gasteiger partial charge in [0, 0.05) is 0 Å². The second kappa shape index (κ2) is 12.9. The van der Waals surface area contributed by atoms with E-state index in [9.17, 15) is 4.79 Å². The minimum absolute atomic E-state index is 0.151. The summed E-state index contributed by atoms with van der Waals surface area (Å²) in [6, 6.07) is 14.8. The van der Waals surface area contributed by atoms with Crippen LogP contribution in [0.4, 0.5) is 0 Å². The number of benzene rings is 2. The molecule has 8 nitrogen and oxygen atoms in total. The molecule has 0 N–H and O–H groups in total. The number of esters is 1. The summed E-state index contributed by atoms with van der Waals surface area (Å²) >= 11 is 0. The minimum Gasteiger partial charge on any atom is -0.487 e. The molecule has 0 spiro atoms. The zero-order valence-electron chi connectivity index (χ0n) is 19.2. The summed E-state index contributed by atoms with van der Waals surface area (Å²) in [6.07, 6.45) is 1.39. The normalized spacial score (nSPS) is 16.5. The van der Waals surface area contributed by atoms with Gasteiger partial charge in [0.15, 0.2) is 23.0 Å². The lowest BCUT2D eigenvalue weighted by atomic mass is 9.99. The van der Waals surface area contributed by atoms with Gasteiger partial charge in [-0.05, 0) is 30.7 Å². The van der Waals surface area contributed by atoms with Crippen LogP contribution in [0.3, 0.4) is 0 Å². The van der Waals surface area contributed by atoms with E-state index in [4.69, 9.17) is 33.2 Å². The smallest absolute Gasteiger partial charge is 0.331 e. The zero-order valence-corrected chi connectivity index (χ0v) is 19.2. The molecule has 33 heavy (non-hydrogen) atoms. The third kappa shape index (κ3) is 7.54. The second-order valence-corrected chi connectivity index (χ2v) is 7.58. The summed E-state index contributed by atoms with van der Waals surface area (Å²) < 4.78 is 40.5. The summed E-state index contributed by atoms with van der Waals surface area (Å²) in [5.41, 5.74) is -0.899. The van der Waals surface area contributed by atoms with Crippen molar-refractivity contribution in [3.63, 3.8) is 0 Å². The van der Waals surface area contributed by atoms with E-state index in [2.05, 4.69) is 0 Å². The van der Waals surface area contributed by atoms with Crippen LogP contribution in [0.1, 0.15) is 19.8 Å². The van der Waals surface area contributed by atoms with Crippen LogP contribution in [0.15, 0.2) is 48.5 Å². The number of hydrogen-bond donors (Lipinski definition) is 0. The Balaban J connectivity index is 1.88. The Morgan fingerprint density at radius 3 is 1.76 bits per heavy atom. The number of methoxy groups -OCH3 is 1. The monoisotopic (exact) mass is 460 g/mol. The maximum atomic E-state index is 11.8. The second-order valence-electron chi connectivity index (χ2n) is 7.58. The predicted molar refractivity (Wildman–Crippen MR) is 121 cm³/mol. The maximum Gasteiger partial charge on any atom is 0.331 e. The molecule has 2 aromatic rings. The first-order valence-electron chi connectivity index (χ1n) is 11.1. The SMILES string of the molecule is CCCC1(OCC(=O)OC)COc2ccccc2OCCOCCOc2ccccc2OC1. The largest absolute Gasteiger partial charge is 0.487 e.